The lowest BCUT2D eigenvalue weighted by Gasteiger charge is -2.09. The van der Waals surface area contributed by atoms with Gasteiger partial charge in [-0.05, 0) is 31.9 Å². The Morgan fingerprint density at radius 3 is 3.00 bits per heavy atom. The number of benzene rings is 1. The molecule has 0 radical (unpaired) electrons. The number of hydrogen-bond acceptors (Lipinski definition) is 5. The van der Waals surface area contributed by atoms with Gasteiger partial charge in [0.05, 0.1) is 11.8 Å². The summed E-state index contributed by atoms with van der Waals surface area (Å²) in [6.45, 7) is 5.21. The highest BCUT2D eigenvalue weighted by Crippen LogP contribution is 2.16. The minimum Gasteiger partial charge on any atom is -0.486 e. The first-order chi connectivity index (χ1) is 10.8. The van der Waals surface area contributed by atoms with Crippen molar-refractivity contribution in [2.24, 2.45) is 0 Å². The third-order valence-corrected chi connectivity index (χ3v) is 4.56. The Labute approximate surface area is 135 Å². The van der Waals surface area contributed by atoms with E-state index in [0.717, 1.165) is 36.1 Å². The van der Waals surface area contributed by atoms with E-state index in [2.05, 4.69) is 34.7 Å². The first-order valence-electron chi connectivity index (χ1n) is 7.74. The van der Waals surface area contributed by atoms with E-state index in [1.54, 1.807) is 11.3 Å². The van der Waals surface area contributed by atoms with Gasteiger partial charge in [0.25, 0.3) is 0 Å². The summed E-state index contributed by atoms with van der Waals surface area (Å²) in [4.78, 5) is 4.60. The zero-order valence-electron chi connectivity index (χ0n) is 12.9. The standard InChI is InChI=1S/C17H22N2O2S/c1-13-4-6-15(7-5-13)21-11-17-19-14(12-22-17)9-18-10-16-3-2-8-20-16/h4-7,12,16,18H,2-3,8-11H2,1H3/t16-/m0/s1. The lowest BCUT2D eigenvalue weighted by atomic mass is 10.2. The number of hydrogen-bond donors (Lipinski definition) is 1. The molecule has 1 saturated heterocycles. The van der Waals surface area contributed by atoms with Gasteiger partial charge in [-0.25, -0.2) is 4.98 Å². The Kier molecular flexibility index (Phi) is 5.43. The van der Waals surface area contributed by atoms with Crippen molar-refractivity contribution in [1.29, 1.82) is 0 Å². The molecule has 2 aromatic rings. The molecule has 1 aliphatic heterocycles. The van der Waals surface area contributed by atoms with Gasteiger partial charge in [-0.2, -0.15) is 0 Å². The summed E-state index contributed by atoms with van der Waals surface area (Å²) in [6.07, 6.45) is 2.73. The number of nitrogens with one attached hydrogen (secondary N) is 1. The molecule has 1 aliphatic rings. The highest BCUT2D eigenvalue weighted by atomic mass is 32.1. The molecule has 1 aromatic carbocycles. The van der Waals surface area contributed by atoms with Crippen molar-refractivity contribution in [2.45, 2.75) is 39.0 Å². The van der Waals surface area contributed by atoms with Crippen LogP contribution in [0, 0.1) is 6.92 Å². The average molecular weight is 318 g/mol. The van der Waals surface area contributed by atoms with Gasteiger partial charge in [0.2, 0.25) is 0 Å². The van der Waals surface area contributed by atoms with Gasteiger partial charge in [-0.1, -0.05) is 17.7 Å². The van der Waals surface area contributed by atoms with Crippen LogP contribution in [0.4, 0.5) is 0 Å². The first kappa shape index (κ1) is 15.5. The second kappa shape index (κ2) is 7.72. The maximum Gasteiger partial charge on any atom is 0.140 e. The molecule has 0 aliphatic carbocycles. The molecule has 4 nitrogen and oxygen atoms in total. The molecule has 1 atom stereocenters. The number of thiazole rings is 1. The van der Waals surface area contributed by atoms with Gasteiger partial charge in [-0.15, -0.1) is 11.3 Å². The summed E-state index contributed by atoms with van der Waals surface area (Å²) in [5, 5.41) is 6.52. The van der Waals surface area contributed by atoms with Crippen LogP contribution in [-0.4, -0.2) is 24.2 Å². The minimum atomic E-state index is 0.378. The van der Waals surface area contributed by atoms with Gasteiger partial charge in [0.1, 0.15) is 17.4 Å². The Balaban J connectivity index is 1.41. The van der Waals surface area contributed by atoms with Crippen LogP contribution in [0.1, 0.15) is 29.1 Å². The zero-order chi connectivity index (χ0) is 15.2. The number of aromatic nitrogens is 1. The number of aryl methyl sites for hydroxylation is 1. The highest BCUT2D eigenvalue weighted by Gasteiger charge is 2.14. The van der Waals surface area contributed by atoms with Crippen molar-refractivity contribution in [3.8, 4) is 5.75 Å². The van der Waals surface area contributed by atoms with Crippen molar-refractivity contribution in [1.82, 2.24) is 10.3 Å². The quantitative estimate of drug-likeness (QED) is 0.850. The van der Waals surface area contributed by atoms with Gasteiger partial charge < -0.3 is 14.8 Å². The molecule has 3 rings (SSSR count). The second-order valence-electron chi connectivity index (χ2n) is 5.60. The molecular formula is C17H22N2O2S. The van der Waals surface area contributed by atoms with Crippen molar-refractivity contribution in [2.75, 3.05) is 13.2 Å². The molecule has 1 aromatic heterocycles. The summed E-state index contributed by atoms with van der Waals surface area (Å²) in [7, 11) is 0. The maximum atomic E-state index is 5.75. The maximum absolute atomic E-state index is 5.75. The number of rotatable bonds is 7. The topological polar surface area (TPSA) is 43.4 Å². The van der Waals surface area contributed by atoms with Crippen molar-refractivity contribution < 1.29 is 9.47 Å². The SMILES string of the molecule is Cc1ccc(OCc2nc(CNC[C@@H]3CCCO3)cs2)cc1. The molecule has 0 saturated carbocycles. The van der Waals surface area contributed by atoms with E-state index in [0.29, 0.717) is 12.7 Å². The molecule has 0 amide bonds. The lowest BCUT2D eigenvalue weighted by Crippen LogP contribution is -2.25. The Morgan fingerprint density at radius 2 is 2.23 bits per heavy atom. The van der Waals surface area contributed by atoms with E-state index < -0.39 is 0 Å². The van der Waals surface area contributed by atoms with Gasteiger partial charge in [0.15, 0.2) is 0 Å². The van der Waals surface area contributed by atoms with E-state index >= 15 is 0 Å². The first-order valence-corrected chi connectivity index (χ1v) is 8.62. The molecule has 0 spiro atoms. The fourth-order valence-electron chi connectivity index (χ4n) is 2.44. The van der Waals surface area contributed by atoms with Crippen LogP contribution in [-0.2, 0) is 17.9 Å². The van der Waals surface area contributed by atoms with Gasteiger partial charge >= 0.3 is 0 Å². The molecule has 118 valence electrons. The summed E-state index contributed by atoms with van der Waals surface area (Å²) >= 11 is 1.65. The summed E-state index contributed by atoms with van der Waals surface area (Å²) in [5.74, 6) is 0.888. The molecule has 5 heteroatoms. The zero-order valence-corrected chi connectivity index (χ0v) is 13.7. The van der Waals surface area contributed by atoms with Gasteiger partial charge in [0, 0.05) is 25.1 Å². The molecule has 2 heterocycles. The van der Waals surface area contributed by atoms with E-state index in [1.165, 1.54) is 18.4 Å². The lowest BCUT2D eigenvalue weighted by molar-refractivity contribution is 0.110. The van der Waals surface area contributed by atoms with E-state index in [4.69, 9.17) is 9.47 Å². The van der Waals surface area contributed by atoms with Crippen LogP contribution in [0.15, 0.2) is 29.6 Å². The van der Waals surface area contributed by atoms with Crippen LogP contribution in [0.5, 0.6) is 5.75 Å². The van der Waals surface area contributed by atoms with Crippen LogP contribution in [0.2, 0.25) is 0 Å². The second-order valence-corrected chi connectivity index (χ2v) is 6.54. The van der Waals surface area contributed by atoms with Crippen LogP contribution < -0.4 is 10.1 Å². The van der Waals surface area contributed by atoms with Crippen molar-refractivity contribution in [3.05, 3.63) is 45.9 Å². The predicted octanol–water partition coefficient (Wildman–Crippen LogP) is 3.30. The Hall–Kier alpha value is -1.43. The third kappa shape index (κ3) is 4.53. The molecule has 1 fully saturated rings. The predicted molar refractivity (Wildman–Crippen MR) is 88.3 cm³/mol. The van der Waals surface area contributed by atoms with E-state index in [1.807, 2.05) is 12.1 Å². The van der Waals surface area contributed by atoms with Gasteiger partial charge in [-0.3, -0.25) is 0 Å². The summed E-state index contributed by atoms with van der Waals surface area (Å²) in [5.41, 5.74) is 2.31. The normalized spacial score (nSPS) is 17.8. The molecule has 22 heavy (non-hydrogen) atoms. The molecule has 0 bridgehead atoms. The number of ether oxygens (including phenoxy) is 2. The average Bonchev–Trinajstić information content (AvgIpc) is 3.19. The Bertz CT molecular complexity index is 577. The molecular weight excluding hydrogens is 296 g/mol. The highest BCUT2D eigenvalue weighted by molar-refractivity contribution is 7.09. The minimum absolute atomic E-state index is 0.378. The summed E-state index contributed by atoms with van der Waals surface area (Å²) < 4.78 is 11.3. The largest absolute Gasteiger partial charge is 0.486 e. The summed E-state index contributed by atoms with van der Waals surface area (Å²) in [6, 6.07) is 8.09. The fraction of sp³-hybridized carbons (Fsp3) is 0.471. The fourth-order valence-corrected chi connectivity index (χ4v) is 3.15. The van der Waals surface area contributed by atoms with Crippen molar-refractivity contribution in [3.63, 3.8) is 0 Å². The van der Waals surface area contributed by atoms with Crippen molar-refractivity contribution >= 4 is 11.3 Å². The number of nitrogens with zero attached hydrogens (tertiary/aromatic N) is 1. The monoisotopic (exact) mass is 318 g/mol. The third-order valence-electron chi connectivity index (χ3n) is 3.68. The van der Waals surface area contributed by atoms with Crippen LogP contribution >= 0.6 is 11.3 Å². The van der Waals surface area contributed by atoms with Crippen LogP contribution in [0.25, 0.3) is 0 Å². The van der Waals surface area contributed by atoms with Crippen LogP contribution in [0.3, 0.4) is 0 Å². The molecule has 1 N–H and O–H groups in total. The van der Waals surface area contributed by atoms with E-state index in [9.17, 15) is 0 Å². The van der Waals surface area contributed by atoms with E-state index in [-0.39, 0.29) is 0 Å². The molecule has 0 unspecified atom stereocenters. The Morgan fingerprint density at radius 1 is 1.36 bits per heavy atom. The smallest absolute Gasteiger partial charge is 0.140 e.